The second-order valence-electron chi connectivity index (χ2n) is 3.79. The van der Waals surface area contributed by atoms with Gasteiger partial charge in [0.2, 0.25) is 0 Å². The van der Waals surface area contributed by atoms with Gasteiger partial charge in [-0.15, -0.1) is 0 Å². The predicted octanol–water partition coefficient (Wildman–Crippen LogP) is 3.12. The maximum absolute atomic E-state index is 13.2. The standard InChI is InChI=1S/C11H8F3NO2/c1-11(13,14)7-2-5(12)3-8-6(7)4-9(15-8)10(16)17/h2-4,15H,1H3,(H,16,17). The highest BCUT2D eigenvalue weighted by molar-refractivity contribution is 5.95. The van der Waals surface area contributed by atoms with E-state index in [-0.39, 0.29) is 16.6 Å². The van der Waals surface area contributed by atoms with Crippen LogP contribution >= 0.6 is 0 Å². The van der Waals surface area contributed by atoms with Crippen molar-refractivity contribution in [3.8, 4) is 0 Å². The van der Waals surface area contributed by atoms with Gasteiger partial charge in [-0.25, -0.2) is 18.0 Å². The van der Waals surface area contributed by atoms with Crippen molar-refractivity contribution in [3.63, 3.8) is 0 Å². The Hall–Kier alpha value is -1.98. The van der Waals surface area contributed by atoms with Gasteiger partial charge in [0.25, 0.3) is 5.92 Å². The van der Waals surface area contributed by atoms with Gasteiger partial charge in [-0.05, 0) is 18.2 Å². The number of H-pyrrole nitrogens is 1. The quantitative estimate of drug-likeness (QED) is 0.851. The molecule has 0 fully saturated rings. The first-order valence-electron chi connectivity index (χ1n) is 4.73. The van der Waals surface area contributed by atoms with Gasteiger partial charge < -0.3 is 10.1 Å². The molecular weight excluding hydrogens is 235 g/mol. The fourth-order valence-corrected chi connectivity index (χ4v) is 1.68. The number of carbonyl (C=O) groups is 1. The van der Waals surface area contributed by atoms with Crippen LogP contribution in [0.1, 0.15) is 23.0 Å². The van der Waals surface area contributed by atoms with E-state index < -0.39 is 23.3 Å². The summed E-state index contributed by atoms with van der Waals surface area (Å²) >= 11 is 0. The van der Waals surface area contributed by atoms with E-state index >= 15 is 0 Å². The molecule has 0 saturated heterocycles. The van der Waals surface area contributed by atoms with Gasteiger partial charge in [-0.1, -0.05) is 0 Å². The van der Waals surface area contributed by atoms with Gasteiger partial charge in [0, 0.05) is 23.4 Å². The molecule has 1 aromatic carbocycles. The zero-order chi connectivity index (χ0) is 12.8. The van der Waals surface area contributed by atoms with Crippen LogP contribution in [0.3, 0.4) is 0 Å². The van der Waals surface area contributed by atoms with Gasteiger partial charge >= 0.3 is 5.97 Å². The van der Waals surface area contributed by atoms with Crippen molar-refractivity contribution in [2.75, 3.05) is 0 Å². The molecule has 0 bridgehead atoms. The minimum absolute atomic E-state index is 0.0105. The summed E-state index contributed by atoms with van der Waals surface area (Å²) in [5.41, 5.74) is -0.744. The van der Waals surface area contributed by atoms with E-state index in [0.717, 1.165) is 12.1 Å². The van der Waals surface area contributed by atoms with Gasteiger partial charge in [-0.3, -0.25) is 0 Å². The number of halogens is 3. The van der Waals surface area contributed by atoms with E-state index in [1.165, 1.54) is 0 Å². The summed E-state index contributed by atoms with van der Waals surface area (Å²) in [6, 6.07) is 2.77. The Balaban J connectivity index is 2.79. The molecule has 90 valence electrons. The topological polar surface area (TPSA) is 53.1 Å². The number of alkyl halides is 2. The molecule has 2 aromatic rings. The number of carboxylic acid groups (broad SMARTS) is 1. The van der Waals surface area contributed by atoms with Crippen LogP contribution in [0.5, 0.6) is 0 Å². The van der Waals surface area contributed by atoms with Crippen LogP contribution in [0.2, 0.25) is 0 Å². The molecule has 0 radical (unpaired) electrons. The number of rotatable bonds is 2. The fourth-order valence-electron chi connectivity index (χ4n) is 1.68. The molecule has 3 nitrogen and oxygen atoms in total. The number of hydrogen-bond acceptors (Lipinski definition) is 1. The molecule has 1 heterocycles. The molecule has 0 aliphatic heterocycles. The van der Waals surface area contributed by atoms with E-state index in [9.17, 15) is 18.0 Å². The van der Waals surface area contributed by atoms with Crippen molar-refractivity contribution in [1.82, 2.24) is 4.98 Å². The predicted molar refractivity (Wildman–Crippen MR) is 54.8 cm³/mol. The minimum Gasteiger partial charge on any atom is -0.477 e. The monoisotopic (exact) mass is 243 g/mol. The van der Waals surface area contributed by atoms with Crippen LogP contribution in [0.4, 0.5) is 13.2 Å². The Bertz CT molecular complexity index is 599. The summed E-state index contributed by atoms with van der Waals surface area (Å²) in [6.45, 7) is 0.634. The number of fused-ring (bicyclic) bond motifs is 1. The summed E-state index contributed by atoms with van der Waals surface area (Å²) in [7, 11) is 0. The third kappa shape index (κ3) is 1.98. The van der Waals surface area contributed by atoms with Crippen LogP contribution in [0, 0.1) is 5.82 Å². The number of hydrogen-bond donors (Lipinski definition) is 2. The Morgan fingerprint density at radius 2 is 2.00 bits per heavy atom. The lowest BCUT2D eigenvalue weighted by atomic mass is 10.0. The van der Waals surface area contributed by atoms with Gasteiger partial charge in [0.15, 0.2) is 0 Å². The molecule has 0 aliphatic rings. The lowest BCUT2D eigenvalue weighted by Gasteiger charge is -2.11. The molecule has 1 aromatic heterocycles. The SMILES string of the molecule is CC(F)(F)c1cc(F)cc2[nH]c(C(=O)O)cc12. The molecule has 0 spiro atoms. The highest BCUT2D eigenvalue weighted by atomic mass is 19.3. The average Bonchev–Trinajstić information content (AvgIpc) is 2.58. The molecule has 0 aliphatic carbocycles. The number of aromatic carboxylic acids is 1. The van der Waals surface area contributed by atoms with E-state index in [0.29, 0.717) is 13.0 Å². The molecule has 2 rings (SSSR count). The van der Waals surface area contributed by atoms with E-state index in [4.69, 9.17) is 5.11 Å². The molecule has 6 heteroatoms. The summed E-state index contributed by atoms with van der Waals surface area (Å²) in [4.78, 5) is 13.1. The van der Waals surface area contributed by atoms with E-state index in [2.05, 4.69) is 4.98 Å². The van der Waals surface area contributed by atoms with Crippen molar-refractivity contribution in [3.05, 3.63) is 35.3 Å². The minimum atomic E-state index is -3.24. The van der Waals surface area contributed by atoms with Gasteiger partial charge in [0.1, 0.15) is 11.5 Å². The summed E-state index contributed by atoms with van der Waals surface area (Å²) in [6.07, 6.45) is 0. The van der Waals surface area contributed by atoms with Crippen LogP contribution in [0.25, 0.3) is 10.9 Å². The Kier molecular flexibility index (Phi) is 2.38. The Morgan fingerprint density at radius 1 is 1.35 bits per heavy atom. The lowest BCUT2D eigenvalue weighted by molar-refractivity contribution is 0.0188. The molecule has 17 heavy (non-hydrogen) atoms. The molecule has 0 unspecified atom stereocenters. The normalized spacial score (nSPS) is 12.0. The smallest absolute Gasteiger partial charge is 0.352 e. The summed E-state index contributed by atoms with van der Waals surface area (Å²) in [5, 5.41) is 8.75. The van der Waals surface area contributed by atoms with Crippen LogP contribution in [-0.2, 0) is 5.92 Å². The zero-order valence-corrected chi connectivity index (χ0v) is 8.72. The number of benzene rings is 1. The second kappa shape index (κ2) is 3.51. The highest BCUT2D eigenvalue weighted by Crippen LogP contribution is 2.34. The molecule has 0 amide bonds. The van der Waals surface area contributed by atoms with Crippen LogP contribution in [0.15, 0.2) is 18.2 Å². The maximum atomic E-state index is 13.2. The summed E-state index contributed by atoms with van der Waals surface area (Å²) in [5.74, 6) is -5.36. The Morgan fingerprint density at radius 3 is 2.53 bits per heavy atom. The largest absolute Gasteiger partial charge is 0.477 e. The lowest BCUT2D eigenvalue weighted by Crippen LogP contribution is -2.07. The van der Waals surface area contributed by atoms with E-state index in [1.807, 2.05) is 0 Å². The average molecular weight is 243 g/mol. The van der Waals surface area contributed by atoms with Crippen LogP contribution < -0.4 is 0 Å². The fraction of sp³-hybridized carbons (Fsp3) is 0.182. The molecular formula is C11H8F3NO2. The Labute approximate surface area is 93.9 Å². The maximum Gasteiger partial charge on any atom is 0.352 e. The molecule has 0 saturated carbocycles. The second-order valence-corrected chi connectivity index (χ2v) is 3.79. The zero-order valence-electron chi connectivity index (χ0n) is 8.72. The van der Waals surface area contributed by atoms with Crippen molar-refractivity contribution in [1.29, 1.82) is 0 Å². The van der Waals surface area contributed by atoms with Gasteiger partial charge in [0.05, 0.1) is 0 Å². The van der Waals surface area contributed by atoms with Crippen molar-refractivity contribution >= 4 is 16.9 Å². The van der Waals surface area contributed by atoms with Crippen LogP contribution in [-0.4, -0.2) is 16.1 Å². The number of aromatic amines is 1. The summed E-state index contributed by atoms with van der Waals surface area (Å²) < 4.78 is 39.6. The number of carboxylic acids is 1. The number of nitrogens with one attached hydrogen (secondary N) is 1. The third-order valence-corrected chi connectivity index (χ3v) is 2.41. The number of aromatic nitrogens is 1. The van der Waals surface area contributed by atoms with Crippen molar-refractivity contribution in [2.45, 2.75) is 12.8 Å². The molecule has 2 N–H and O–H groups in total. The van der Waals surface area contributed by atoms with Gasteiger partial charge in [-0.2, -0.15) is 0 Å². The first-order chi connectivity index (χ1) is 7.79. The first kappa shape index (κ1) is 11.5. The van der Waals surface area contributed by atoms with Crippen molar-refractivity contribution < 1.29 is 23.1 Å². The molecule has 0 atom stereocenters. The van der Waals surface area contributed by atoms with Crippen molar-refractivity contribution in [2.24, 2.45) is 0 Å². The first-order valence-corrected chi connectivity index (χ1v) is 4.73. The highest BCUT2D eigenvalue weighted by Gasteiger charge is 2.28. The van der Waals surface area contributed by atoms with E-state index in [1.54, 1.807) is 0 Å². The third-order valence-electron chi connectivity index (χ3n) is 2.41.